The predicted octanol–water partition coefficient (Wildman–Crippen LogP) is 5.50. The van der Waals surface area contributed by atoms with Crippen molar-refractivity contribution in [3.05, 3.63) is 72.8 Å². The number of para-hydroxylation sites is 2. The summed E-state index contributed by atoms with van der Waals surface area (Å²) in [5.74, 6) is -3.22. The highest BCUT2D eigenvalue weighted by molar-refractivity contribution is 5.65. The summed E-state index contributed by atoms with van der Waals surface area (Å²) in [6.07, 6.45) is 2.91. The van der Waals surface area contributed by atoms with Gasteiger partial charge >= 0.3 is 5.92 Å². The zero-order valence-corrected chi connectivity index (χ0v) is 16.4. The molecule has 0 aromatic heterocycles. The minimum Gasteiger partial charge on any atom is -0.459 e. The van der Waals surface area contributed by atoms with Crippen LogP contribution in [0.15, 0.2) is 67.3 Å². The van der Waals surface area contributed by atoms with Crippen LogP contribution in [0, 0.1) is 0 Å². The number of hydrogen-bond donors (Lipinski definition) is 1. The first-order valence-electron chi connectivity index (χ1n) is 9.64. The number of hydrogen-bond acceptors (Lipinski definition) is 3. The summed E-state index contributed by atoms with van der Waals surface area (Å²) in [4.78, 5) is 1.54. The number of rotatable bonds is 8. The van der Waals surface area contributed by atoms with Crippen molar-refractivity contribution in [2.45, 2.75) is 50.4 Å². The van der Waals surface area contributed by atoms with Crippen LogP contribution >= 0.6 is 0 Å². The van der Waals surface area contributed by atoms with Gasteiger partial charge in [-0.25, -0.2) is 0 Å². The molecule has 150 valence electrons. The van der Waals surface area contributed by atoms with E-state index in [1.807, 2.05) is 6.92 Å². The van der Waals surface area contributed by atoms with Gasteiger partial charge in [-0.2, -0.15) is 8.78 Å². The van der Waals surface area contributed by atoms with Crippen LogP contribution in [0.2, 0.25) is 0 Å². The summed E-state index contributed by atoms with van der Waals surface area (Å²) < 4.78 is 38.5. The first-order valence-corrected chi connectivity index (χ1v) is 9.64. The predicted molar refractivity (Wildman–Crippen MR) is 108 cm³/mol. The highest BCUT2D eigenvalue weighted by Crippen LogP contribution is 2.56. The van der Waals surface area contributed by atoms with Crippen LogP contribution in [0.25, 0.3) is 0 Å². The molecule has 1 aliphatic heterocycles. The summed E-state index contributed by atoms with van der Waals surface area (Å²) in [5.41, 5.74) is -3.71. The van der Waals surface area contributed by atoms with E-state index in [1.165, 1.54) is 12.1 Å². The lowest BCUT2D eigenvalue weighted by Crippen LogP contribution is -2.68. The van der Waals surface area contributed by atoms with Gasteiger partial charge in [0.05, 0.1) is 5.69 Å². The molecule has 0 bridgehead atoms. The maximum atomic E-state index is 16.3. The van der Waals surface area contributed by atoms with E-state index < -0.39 is 17.2 Å². The van der Waals surface area contributed by atoms with Gasteiger partial charge < -0.3 is 14.7 Å². The third-order valence-electron chi connectivity index (χ3n) is 5.49. The Morgan fingerprint density at radius 2 is 1.79 bits per heavy atom. The second kappa shape index (κ2) is 7.55. The molecule has 0 saturated carbocycles. The molecule has 3 nitrogen and oxygen atoms in total. The normalized spacial score (nSPS) is 21.0. The number of ether oxygens (including phenoxy) is 1. The Morgan fingerprint density at radius 1 is 1.14 bits per heavy atom. The molecule has 0 aliphatic carbocycles. The molecule has 0 fully saturated rings. The molecular weight excluding hydrogens is 360 g/mol. The Morgan fingerprint density at radius 3 is 2.43 bits per heavy atom. The molecule has 0 spiro atoms. The summed E-state index contributed by atoms with van der Waals surface area (Å²) in [6.45, 7) is 7.03. The molecule has 2 aromatic rings. The second-order valence-electron chi connectivity index (χ2n) is 7.37. The SMILES string of the molecule is C=CCN1c2ccccc2O[C@@]1(CCCC)C(F)(F)[C@@](C)(O)c1ccccc1. The fraction of sp³-hybridized carbons (Fsp3) is 0.391. The van der Waals surface area contributed by atoms with Gasteiger partial charge in [0, 0.05) is 13.0 Å². The largest absolute Gasteiger partial charge is 0.459 e. The number of halogens is 2. The minimum absolute atomic E-state index is 0.0714. The topological polar surface area (TPSA) is 32.7 Å². The smallest absolute Gasteiger partial charge is 0.337 e. The third-order valence-corrected chi connectivity index (χ3v) is 5.49. The maximum absolute atomic E-state index is 16.3. The van der Waals surface area contributed by atoms with E-state index in [4.69, 9.17) is 4.74 Å². The average molecular weight is 387 g/mol. The van der Waals surface area contributed by atoms with Crippen molar-refractivity contribution < 1.29 is 18.6 Å². The number of unbranched alkanes of at least 4 members (excludes halogenated alkanes) is 1. The fourth-order valence-electron chi connectivity index (χ4n) is 3.89. The van der Waals surface area contributed by atoms with Crippen LogP contribution in [0.3, 0.4) is 0 Å². The van der Waals surface area contributed by atoms with Crippen molar-refractivity contribution >= 4 is 5.69 Å². The van der Waals surface area contributed by atoms with Crippen molar-refractivity contribution in [2.24, 2.45) is 0 Å². The first kappa shape index (κ1) is 20.3. The van der Waals surface area contributed by atoms with Crippen LogP contribution in [0.1, 0.15) is 38.7 Å². The molecule has 1 N–H and O–H groups in total. The maximum Gasteiger partial charge on any atom is 0.337 e. The lowest BCUT2D eigenvalue weighted by molar-refractivity contribution is -0.262. The van der Waals surface area contributed by atoms with Gasteiger partial charge in [-0.3, -0.25) is 0 Å². The molecule has 3 rings (SSSR count). The Labute approximate surface area is 165 Å². The van der Waals surface area contributed by atoms with E-state index in [2.05, 4.69) is 6.58 Å². The van der Waals surface area contributed by atoms with Crippen LogP contribution in [0.4, 0.5) is 14.5 Å². The number of anilines is 1. The van der Waals surface area contributed by atoms with Crippen molar-refractivity contribution in [2.75, 3.05) is 11.4 Å². The van der Waals surface area contributed by atoms with Gasteiger partial charge in [0.15, 0.2) is 5.60 Å². The van der Waals surface area contributed by atoms with Crippen molar-refractivity contribution in [1.82, 2.24) is 0 Å². The molecule has 28 heavy (non-hydrogen) atoms. The molecule has 2 atom stereocenters. The Hall–Kier alpha value is -2.40. The summed E-state index contributed by atoms with van der Waals surface area (Å²) in [6, 6.07) is 15.1. The van der Waals surface area contributed by atoms with E-state index in [0.717, 1.165) is 13.3 Å². The van der Waals surface area contributed by atoms with Crippen LogP contribution in [0.5, 0.6) is 5.75 Å². The number of alkyl halides is 2. The molecule has 1 aliphatic rings. The summed E-state index contributed by atoms with van der Waals surface area (Å²) in [5, 5.41) is 11.1. The van der Waals surface area contributed by atoms with Gasteiger partial charge in [-0.15, -0.1) is 6.58 Å². The van der Waals surface area contributed by atoms with E-state index in [9.17, 15) is 5.11 Å². The summed E-state index contributed by atoms with van der Waals surface area (Å²) in [7, 11) is 0. The second-order valence-corrected chi connectivity index (χ2v) is 7.37. The van der Waals surface area contributed by atoms with E-state index in [-0.39, 0.29) is 18.5 Å². The fourth-order valence-corrected chi connectivity index (χ4v) is 3.89. The lowest BCUT2D eigenvalue weighted by atomic mass is 9.80. The number of aliphatic hydroxyl groups is 1. The number of fused-ring (bicyclic) bond motifs is 1. The van der Waals surface area contributed by atoms with Gasteiger partial charge in [-0.1, -0.05) is 61.9 Å². The number of nitrogens with zero attached hydrogens (tertiary/aromatic N) is 1. The van der Waals surface area contributed by atoms with Gasteiger partial charge in [-0.05, 0) is 31.0 Å². The van der Waals surface area contributed by atoms with Crippen molar-refractivity contribution in [1.29, 1.82) is 0 Å². The van der Waals surface area contributed by atoms with Crippen LogP contribution in [-0.2, 0) is 5.60 Å². The molecule has 0 saturated heterocycles. The van der Waals surface area contributed by atoms with Gasteiger partial charge in [0.2, 0.25) is 0 Å². The minimum atomic E-state index is -3.61. The Balaban J connectivity index is 2.17. The van der Waals surface area contributed by atoms with Crippen LogP contribution < -0.4 is 9.64 Å². The molecule has 5 heteroatoms. The average Bonchev–Trinajstić information content (AvgIpc) is 3.02. The highest BCUT2D eigenvalue weighted by atomic mass is 19.3. The lowest BCUT2D eigenvalue weighted by Gasteiger charge is -2.48. The zero-order chi connectivity index (χ0) is 20.4. The van der Waals surface area contributed by atoms with Gasteiger partial charge in [0.25, 0.3) is 5.72 Å². The van der Waals surface area contributed by atoms with Crippen LogP contribution in [-0.4, -0.2) is 23.3 Å². The van der Waals surface area contributed by atoms with Crippen molar-refractivity contribution in [3.8, 4) is 5.75 Å². The monoisotopic (exact) mass is 387 g/mol. The van der Waals surface area contributed by atoms with Crippen molar-refractivity contribution in [3.63, 3.8) is 0 Å². The first-order chi connectivity index (χ1) is 13.3. The molecule has 0 unspecified atom stereocenters. The highest BCUT2D eigenvalue weighted by Gasteiger charge is 2.70. The molecule has 0 amide bonds. The van der Waals surface area contributed by atoms with E-state index >= 15 is 8.78 Å². The molecule has 0 radical (unpaired) electrons. The summed E-state index contributed by atoms with van der Waals surface area (Å²) >= 11 is 0. The standard InChI is InChI=1S/C23H27F2NO2/c1-4-6-16-22(23(24,25)21(3,27)18-12-8-7-9-13-18)26(17-5-2)19-14-10-11-15-20(19)28-22/h5,7-15,27H,2,4,6,16-17H2,1,3H3/t21-,22-/m0/s1. The zero-order valence-electron chi connectivity index (χ0n) is 16.4. The van der Waals surface area contributed by atoms with E-state index in [1.54, 1.807) is 53.4 Å². The quantitative estimate of drug-likeness (QED) is 0.607. The molecule has 1 heterocycles. The molecular formula is C23H27F2NO2. The number of benzene rings is 2. The Kier molecular flexibility index (Phi) is 5.48. The Bertz CT molecular complexity index is 822. The van der Waals surface area contributed by atoms with E-state index in [0.29, 0.717) is 17.9 Å². The third kappa shape index (κ3) is 2.98. The molecule has 2 aromatic carbocycles. The van der Waals surface area contributed by atoms with Gasteiger partial charge in [0.1, 0.15) is 5.75 Å².